The average Bonchev–Trinajstić information content (AvgIpc) is 3.29. The molecule has 2 aromatic carbocycles. The van der Waals surface area contributed by atoms with Crippen LogP contribution in [0.25, 0.3) is 0 Å². The summed E-state index contributed by atoms with van der Waals surface area (Å²) < 4.78 is 83.6. The molecule has 258 valence electrons. The zero-order valence-corrected chi connectivity index (χ0v) is 30.3. The first-order chi connectivity index (χ1) is 21.4. The Kier molecular flexibility index (Phi) is 11.8. The summed E-state index contributed by atoms with van der Waals surface area (Å²) >= 11 is 0. The van der Waals surface area contributed by atoms with Crippen LogP contribution in [0.5, 0.6) is 0 Å². The highest BCUT2D eigenvalue weighted by Gasteiger charge is 2.37. The Bertz CT molecular complexity index is 1690. The number of fused-ring (bicyclic) bond motifs is 1. The Hall–Kier alpha value is -1.87. The summed E-state index contributed by atoms with van der Waals surface area (Å²) in [6.07, 6.45) is 3.47. The lowest BCUT2D eigenvalue weighted by Crippen LogP contribution is -2.39. The Morgan fingerprint density at radius 2 is 1.59 bits per heavy atom. The first-order valence-corrected chi connectivity index (χ1v) is 20.8. The monoisotopic (exact) mass is 697 g/mol. The second-order valence-corrected chi connectivity index (χ2v) is 20.8. The molecule has 13 heteroatoms. The fraction of sp³-hybridized carbons (Fsp3) is 0.636. The van der Waals surface area contributed by atoms with Crippen LogP contribution in [0.15, 0.2) is 42.5 Å². The quantitative estimate of drug-likeness (QED) is 0.271. The fourth-order valence-corrected chi connectivity index (χ4v) is 9.70. The number of nitrogens with one attached hydrogen (secondary N) is 2. The van der Waals surface area contributed by atoms with Gasteiger partial charge in [-0.05, 0) is 100.0 Å². The Balaban J connectivity index is 1.44. The summed E-state index contributed by atoms with van der Waals surface area (Å²) in [6.45, 7) is 8.84. The van der Waals surface area contributed by atoms with E-state index in [1.807, 2.05) is 24.3 Å². The third-order valence-electron chi connectivity index (χ3n) is 9.55. The van der Waals surface area contributed by atoms with Crippen LogP contribution >= 0.6 is 0 Å². The number of hydrogen-bond donors (Lipinski definition) is 3. The number of rotatable bonds is 14. The normalized spacial score (nSPS) is 23.3. The lowest BCUT2D eigenvalue weighted by molar-refractivity contribution is 0.151. The van der Waals surface area contributed by atoms with E-state index < -0.39 is 58.0 Å². The molecule has 2 aliphatic rings. The van der Waals surface area contributed by atoms with Crippen molar-refractivity contribution in [1.82, 2.24) is 13.7 Å². The van der Waals surface area contributed by atoms with Gasteiger partial charge in [0.25, 0.3) is 0 Å². The zero-order chi connectivity index (χ0) is 34.0. The summed E-state index contributed by atoms with van der Waals surface area (Å²) in [7, 11) is -8.94. The van der Waals surface area contributed by atoms with Gasteiger partial charge in [-0.25, -0.2) is 39.0 Å². The van der Waals surface area contributed by atoms with Gasteiger partial charge < -0.3 is 5.11 Å². The van der Waals surface area contributed by atoms with E-state index in [0.717, 1.165) is 53.5 Å². The van der Waals surface area contributed by atoms with Crippen molar-refractivity contribution in [3.63, 3.8) is 0 Å². The van der Waals surface area contributed by atoms with Crippen molar-refractivity contribution in [1.29, 1.82) is 0 Å². The molecule has 0 aromatic heterocycles. The van der Waals surface area contributed by atoms with E-state index in [1.54, 1.807) is 53.8 Å². The number of hydrogen-bond acceptors (Lipinski definition) is 7. The number of aliphatic hydroxyl groups excluding tert-OH is 1. The van der Waals surface area contributed by atoms with Crippen molar-refractivity contribution in [3.05, 3.63) is 70.3 Å². The third kappa shape index (κ3) is 8.77. The maximum absolute atomic E-state index is 13.6. The van der Waals surface area contributed by atoms with Gasteiger partial charge in [0, 0.05) is 26.6 Å². The molecule has 2 aromatic rings. The van der Waals surface area contributed by atoms with Crippen LogP contribution in [0.3, 0.4) is 0 Å². The molecule has 0 radical (unpaired) electrons. The van der Waals surface area contributed by atoms with Crippen LogP contribution in [-0.4, -0.2) is 70.1 Å². The molecule has 4 rings (SSSR count). The summed E-state index contributed by atoms with van der Waals surface area (Å²) in [4.78, 5) is 0. The molecule has 5 unspecified atom stereocenters. The minimum absolute atomic E-state index is 0.122. The summed E-state index contributed by atoms with van der Waals surface area (Å²) in [5, 5.41) is 9.14. The van der Waals surface area contributed by atoms with E-state index in [0.29, 0.717) is 13.0 Å². The lowest BCUT2D eigenvalue weighted by Gasteiger charge is -2.32. The van der Waals surface area contributed by atoms with Gasteiger partial charge in [-0.3, -0.25) is 0 Å². The molecule has 3 N–H and O–H groups in total. The van der Waals surface area contributed by atoms with E-state index in [-0.39, 0.29) is 24.8 Å². The number of nitrogens with zero attached hydrogens (tertiary/aromatic N) is 1. The second-order valence-electron chi connectivity index (χ2n) is 13.7. The molecule has 5 atom stereocenters. The molecular weight excluding hydrogens is 647 g/mol. The molecule has 0 spiro atoms. The molecule has 2 aliphatic carbocycles. The van der Waals surface area contributed by atoms with Gasteiger partial charge in [0.2, 0.25) is 30.1 Å². The Labute approximate surface area is 276 Å². The molecule has 0 aliphatic heterocycles. The van der Waals surface area contributed by atoms with Gasteiger partial charge in [0.15, 0.2) is 0 Å². The van der Waals surface area contributed by atoms with Crippen LogP contribution in [0.1, 0.15) is 100 Å². The highest BCUT2D eigenvalue weighted by molar-refractivity contribution is 7.90. The predicted octanol–water partition coefficient (Wildman–Crippen LogP) is 3.97. The number of benzene rings is 2. The van der Waals surface area contributed by atoms with Gasteiger partial charge in [-0.1, -0.05) is 48.9 Å². The summed E-state index contributed by atoms with van der Waals surface area (Å²) in [6, 6.07) is 12.6. The van der Waals surface area contributed by atoms with Crippen molar-refractivity contribution in [3.8, 4) is 0 Å². The topological polar surface area (TPSA) is 150 Å². The van der Waals surface area contributed by atoms with E-state index in [2.05, 4.69) is 15.5 Å². The highest BCUT2D eigenvalue weighted by Crippen LogP contribution is 2.40. The minimum atomic E-state index is -3.84. The summed E-state index contributed by atoms with van der Waals surface area (Å²) in [5.74, 6) is 0.464. The van der Waals surface area contributed by atoms with Gasteiger partial charge in [-0.15, -0.1) is 0 Å². The molecule has 46 heavy (non-hydrogen) atoms. The Morgan fingerprint density at radius 3 is 2.26 bits per heavy atom. The van der Waals surface area contributed by atoms with Crippen molar-refractivity contribution in [2.45, 2.75) is 114 Å². The number of aliphatic hydroxyl groups is 1. The number of sulfonamides is 3. The van der Waals surface area contributed by atoms with Gasteiger partial charge in [-0.2, -0.15) is 0 Å². The standard InChI is InChI=1S/C33H51N3O7S3/c1-22(2)44(38,39)34-20-26-10-7-9-25(16-26)15-24(5)45(40,41)35-33-31-18-29(13-14-30(31)19-32(33)37)28-12-8-11-27(17-28)21-36(6)46(42,43)23(3)4/h7,9-10,13-14,16,18,22-24,27-28,32-35,37H,8,11-12,15,17,19-21H2,1-6H3. The highest BCUT2D eigenvalue weighted by atomic mass is 32.2. The van der Waals surface area contributed by atoms with Gasteiger partial charge in [0.05, 0.1) is 27.9 Å². The molecule has 1 saturated carbocycles. The molecular formula is C33H51N3O7S3. The molecule has 0 heterocycles. The average molecular weight is 698 g/mol. The maximum atomic E-state index is 13.6. The van der Waals surface area contributed by atoms with E-state index in [9.17, 15) is 30.4 Å². The van der Waals surface area contributed by atoms with Crippen LogP contribution in [-0.2, 0) is 49.5 Å². The third-order valence-corrected chi connectivity index (χ3v) is 15.4. The van der Waals surface area contributed by atoms with E-state index in [1.165, 1.54) is 4.31 Å². The maximum Gasteiger partial charge on any atom is 0.216 e. The van der Waals surface area contributed by atoms with E-state index in [4.69, 9.17) is 0 Å². The Morgan fingerprint density at radius 1 is 0.891 bits per heavy atom. The van der Waals surface area contributed by atoms with Gasteiger partial charge >= 0.3 is 0 Å². The van der Waals surface area contributed by atoms with Crippen molar-refractivity contribution in [2.75, 3.05) is 13.6 Å². The SMILES string of the molecule is CC(C)S(=O)(=O)NCc1cccc(CC(C)S(=O)(=O)NC2c3cc(C4CCCC(CN(C)S(=O)(=O)C(C)C)C4)ccc3CC2O)c1. The van der Waals surface area contributed by atoms with Crippen molar-refractivity contribution < 1.29 is 30.4 Å². The molecule has 0 amide bonds. The molecule has 0 bridgehead atoms. The van der Waals surface area contributed by atoms with Gasteiger partial charge in [0.1, 0.15) is 0 Å². The van der Waals surface area contributed by atoms with Crippen LogP contribution in [0.2, 0.25) is 0 Å². The smallest absolute Gasteiger partial charge is 0.216 e. The van der Waals surface area contributed by atoms with Crippen molar-refractivity contribution >= 4 is 30.1 Å². The van der Waals surface area contributed by atoms with Crippen LogP contribution in [0, 0.1) is 5.92 Å². The zero-order valence-electron chi connectivity index (χ0n) is 27.8. The second kappa shape index (κ2) is 14.7. The predicted molar refractivity (Wildman–Crippen MR) is 183 cm³/mol. The van der Waals surface area contributed by atoms with Crippen LogP contribution < -0.4 is 9.44 Å². The first-order valence-electron chi connectivity index (χ1n) is 16.2. The fourth-order valence-electron chi connectivity index (χ4n) is 6.57. The molecule has 0 saturated heterocycles. The minimum Gasteiger partial charge on any atom is -0.391 e. The lowest BCUT2D eigenvalue weighted by atomic mass is 9.77. The van der Waals surface area contributed by atoms with Crippen molar-refractivity contribution in [2.24, 2.45) is 5.92 Å². The van der Waals surface area contributed by atoms with Crippen LogP contribution in [0.4, 0.5) is 0 Å². The molecule has 10 nitrogen and oxygen atoms in total. The molecule has 1 fully saturated rings. The van der Waals surface area contributed by atoms with E-state index >= 15 is 0 Å². The summed E-state index contributed by atoms with van der Waals surface area (Å²) in [5.41, 5.74) is 4.32. The first kappa shape index (κ1) is 37.0. The largest absolute Gasteiger partial charge is 0.391 e.